The van der Waals surface area contributed by atoms with Crippen LogP contribution in [0, 0.1) is 0 Å². The van der Waals surface area contributed by atoms with Crippen molar-refractivity contribution in [2.75, 3.05) is 12.4 Å². The van der Waals surface area contributed by atoms with Crippen LogP contribution in [0.2, 0.25) is 0 Å². The van der Waals surface area contributed by atoms with Crippen LogP contribution in [0.4, 0.5) is 0 Å². The van der Waals surface area contributed by atoms with E-state index in [1.54, 1.807) is 18.4 Å². The highest BCUT2D eigenvalue weighted by Gasteiger charge is 2.17. The molecule has 1 heterocycles. The van der Waals surface area contributed by atoms with E-state index >= 15 is 0 Å². The number of carbonyl (C=O) groups is 1. The van der Waals surface area contributed by atoms with Crippen LogP contribution >= 0.6 is 11.3 Å². The van der Waals surface area contributed by atoms with Gasteiger partial charge in [0.25, 0.3) is 0 Å². The number of esters is 1. The van der Waals surface area contributed by atoms with E-state index in [0.717, 1.165) is 11.3 Å². The lowest BCUT2D eigenvalue weighted by Crippen LogP contribution is -2.12. The molecule has 0 amide bonds. The molecule has 0 bridgehead atoms. The lowest BCUT2D eigenvalue weighted by atomic mass is 10.5. The Hall–Kier alpha value is -0.880. The molecule has 1 rings (SSSR count). The summed E-state index contributed by atoms with van der Waals surface area (Å²) in [5.74, 6) is -0.663. The summed E-state index contributed by atoms with van der Waals surface area (Å²) >= 11 is 1.15. The minimum absolute atomic E-state index is 0.0892. The van der Waals surface area contributed by atoms with E-state index < -0.39 is 15.8 Å². The van der Waals surface area contributed by atoms with Gasteiger partial charge in [-0.2, -0.15) is 0 Å². The Labute approximate surface area is 92.8 Å². The first kappa shape index (κ1) is 12.2. The summed E-state index contributed by atoms with van der Waals surface area (Å²) < 4.78 is 28.2. The maximum absolute atomic E-state index is 11.6. The van der Waals surface area contributed by atoms with Crippen molar-refractivity contribution in [1.29, 1.82) is 0 Å². The number of thiophene rings is 1. The number of carbonyl (C=O) groups excluding carboxylic acids is 1. The molecule has 0 fully saturated rings. The zero-order chi connectivity index (χ0) is 11.3. The number of sulfone groups is 1. The quantitative estimate of drug-likeness (QED) is 0.740. The van der Waals surface area contributed by atoms with Gasteiger partial charge < -0.3 is 4.74 Å². The van der Waals surface area contributed by atoms with Gasteiger partial charge in [0.05, 0.1) is 18.8 Å². The molecule has 0 atom stereocenters. The number of hydrogen-bond donors (Lipinski definition) is 0. The van der Waals surface area contributed by atoms with E-state index in [1.165, 1.54) is 6.07 Å². The third kappa shape index (κ3) is 3.64. The fraction of sp³-hybridized carbons (Fsp3) is 0.444. The summed E-state index contributed by atoms with van der Waals surface area (Å²) in [7, 11) is -3.31. The minimum atomic E-state index is -3.31. The van der Waals surface area contributed by atoms with Gasteiger partial charge in [-0.15, -0.1) is 11.3 Å². The van der Waals surface area contributed by atoms with Crippen LogP contribution in [0.15, 0.2) is 21.7 Å². The van der Waals surface area contributed by atoms with Gasteiger partial charge >= 0.3 is 5.97 Å². The molecular formula is C9H12O4S2. The summed E-state index contributed by atoms with van der Waals surface area (Å²) in [6, 6.07) is 3.20. The van der Waals surface area contributed by atoms with E-state index in [-0.39, 0.29) is 18.8 Å². The van der Waals surface area contributed by atoms with Crippen LogP contribution in [0.5, 0.6) is 0 Å². The van der Waals surface area contributed by atoms with Gasteiger partial charge in [-0.05, 0) is 18.4 Å². The Balaban J connectivity index is 2.55. The fourth-order valence-corrected chi connectivity index (χ4v) is 3.37. The van der Waals surface area contributed by atoms with Crippen molar-refractivity contribution in [3.05, 3.63) is 17.5 Å². The van der Waals surface area contributed by atoms with Crippen LogP contribution in [0.3, 0.4) is 0 Å². The average molecular weight is 248 g/mol. The number of ether oxygens (including phenoxy) is 1. The molecule has 0 unspecified atom stereocenters. The van der Waals surface area contributed by atoms with Crippen LogP contribution in [-0.4, -0.2) is 26.7 Å². The SMILES string of the molecule is CCOC(=O)CCS(=O)(=O)c1cccs1. The van der Waals surface area contributed by atoms with Crippen LogP contribution < -0.4 is 0 Å². The third-order valence-electron chi connectivity index (χ3n) is 1.68. The first-order valence-electron chi connectivity index (χ1n) is 4.48. The first-order chi connectivity index (χ1) is 7.06. The van der Waals surface area contributed by atoms with E-state index in [4.69, 9.17) is 0 Å². The van der Waals surface area contributed by atoms with Crippen molar-refractivity contribution in [2.24, 2.45) is 0 Å². The molecule has 15 heavy (non-hydrogen) atoms. The molecule has 0 saturated carbocycles. The maximum Gasteiger partial charge on any atom is 0.306 e. The second-order valence-corrected chi connectivity index (χ2v) is 6.09. The highest BCUT2D eigenvalue weighted by Crippen LogP contribution is 2.18. The lowest BCUT2D eigenvalue weighted by molar-refractivity contribution is -0.142. The molecule has 0 radical (unpaired) electrons. The van der Waals surface area contributed by atoms with Crippen molar-refractivity contribution in [3.8, 4) is 0 Å². The minimum Gasteiger partial charge on any atom is -0.466 e. The van der Waals surface area contributed by atoms with Gasteiger partial charge in [-0.1, -0.05) is 6.07 Å². The molecule has 0 spiro atoms. The molecule has 0 aliphatic heterocycles. The molecule has 1 aromatic heterocycles. The highest BCUT2D eigenvalue weighted by molar-refractivity contribution is 7.93. The largest absolute Gasteiger partial charge is 0.466 e. The average Bonchev–Trinajstić information content (AvgIpc) is 2.69. The topological polar surface area (TPSA) is 60.4 Å². The van der Waals surface area contributed by atoms with Gasteiger partial charge in [-0.25, -0.2) is 8.42 Å². The Bertz CT molecular complexity index is 405. The van der Waals surface area contributed by atoms with Gasteiger partial charge in [0.15, 0.2) is 9.84 Å². The van der Waals surface area contributed by atoms with Crippen LogP contribution in [-0.2, 0) is 19.4 Å². The summed E-state index contributed by atoms with van der Waals surface area (Å²) in [4.78, 5) is 11.0. The van der Waals surface area contributed by atoms with E-state index in [0.29, 0.717) is 4.21 Å². The van der Waals surface area contributed by atoms with Crippen molar-refractivity contribution in [1.82, 2.24) is 0 Å². The normalized spacial score (nSPS) is 11.3. The zero-order valence-corrected chi connectivity index (χ0v) is 9.94. The molecule has 0 aliphatic carbocycles. The third-order valence-corrected chi connectivity index (χ3v) is 4.88. The smallest absolute Gasteiger partial charge is 0.306 e. The lowest BCUT2D eigenvalue weighted by Gasteiger charge is -2.01. The van der Waals surface area contributed by atoms with Crippen molar-refractivity contribution in [2.45, 2.75) is 17.6 Å². The Morgan fingerprint density at radius 2 is 2.27 bits per heavy atom. The second kappa shape index (κ2) is 5.27. The maximum atomic E-state index is 11.6. The Kier molecular flexibility index (Phi) is 4.28. The summed E-state index contributed by atoms with van der Waals surface area (Å²) in [6.07, 6.45) is -0.0892. The first-order valence-corrected chi connectivity index (χ1v) is 7.01. The molecule has 0 saturated heterocycles. The van der Waals surface area contributed by atoms with Crippen LogP contribution in [0.25, 0.3) is 0 Å². The standard InChI is InChI=1S/C9H12O4S2/c1-2-13-8(10)5-7-15(11,12)9-4-3-6-14-9/h3-4,6H,2,5,7H2,1H3. The highest BCUT2D eigenvalue weighted by atomic mass is 32.2. The zero-order valence-electron chi connectivity index (χ0n) is 8.30. The molecule has 0 aromatic carbocycles. The fourth-order valence-electron chi connectivity index (χ4n) is 0.992. The molecular weight excluding hydrogens is 236 g/mol. The molecule has 4 nitrogen and oxygen atoms in total. The molecule has 1 aromatic rings. The molecule has 0 N–H and O–H groups in total. The second-order valence-electron chi connectivity index (χ2n) is 2.81. The van der Waals surface area contributed by atoms with Crippen molar-refractivity contribution >= 4 is 27.1 Å². The molecule has 84 valence electrons. The monoisotopic (exact) mass is 248 g/mol. The van der Waals surface area contributed by atoms with E-state index in [2.05, 4.69) is 4.74 Å². The van der Waals surface area contributed by atoms with Gasteiger partial charge in [0, 0.05) is 0 Å². The predicted octanol–water partition coefficient (Wildman–Crippen LogP) is 1.48. The predicted molar refractivity (Wildman–Crippen MR) is 57.6 cm³/mol. The van der Waals surface area contributed by atoms with Gasteiger partial charge in [-0.3, -0.25) is 4.79 Å². The van der Waals surface area contributed by atoms with Crippen LogP contribution in [0.1, 0.15) is 13.3 Å². The Morgan fingerprint density at radius 1 is 1.53 bits per heavy atom. The molecule has 6 heteroatoms. The van der Waals surface area contributed by atoms with Crippen molar-refractivity contribution in [3.63, 3.8) is 0 Å². The molecule has 0 aliphatic rings. The number of hydrogen-bond acceptors (Lipinski definition) is 5. The van der Waals surface area contributed by atoms with Gasteiger partial charge in [0.1, 0.15) is 4.21 Å². The summed E-state index contributed by atoms with van der Waals surface area (Å²) in [5.41, 5.74) is 0. The van der Waals surface area contributed by atoms with E-state index in [1.807, 2.05) is 0 Å². The van der Waals surface area contributed by atoms with Crippen molar-refractivity contribution < 1.29 is 17.9 Å². The summed E-state index contributed by atoms with van der Waals surface area (Å²) in [5, 5.41) is 1.69. The Morgan fingerprint density at radius 3 is 2.80 bits per heavy atom. The van der Waals surface area contributed by atoms with Gasteiger partial charge in [0.2, 0.25) is 0 Å². The van der Waals surface area contributed by atoms with E-state index in [9.17, 15) is 13.2 Å². The number of rotatable bonds is 5. The summed E-state index contributed by atoms with van der Waals surface area (Å²) in [6.45, 7) is 1.96.